The van der Waals surface area contributed by atoms with Crippen LogP contribution in [0.3, 0.4) is 0 Å². The van der Waals surface area contributed by atoms with Gasteiger partial charge in [-0.25, -0.2) is 0 Å². The SMILES string of the molecule is CCCC(NC(C)(CC)CC)C(=O)OCC. The third-order valence-corrected chi connectivity index (χ3v) is 3.23. The molecule has 1 N–H and O–H groups in total. The van der Waals surface area contributed by atoms with Crippen LogP contribution in [0.15, 0.2) is 0 Å². The highest BCUT2D eigenvalue weighted by Crippen LogP contribution is 2.16. The molecule has 0 bridgehead atoms. The van der Waals surface area contributed by atoms with Crippen molar-refractivity contribution in [2.75, 3.05) is 6.61 Å². The van der Waals surface area contributed by atoms with Crippen molar-refractivity contribution in [2.24, 2.45) is 0 Å². The van der Waals surface area contributed by atoms with Crippen LogP contribution in [0.4, 0.5) is 0 Å². The summed E-state index contributed by atoms with van der Waals surface area (Å²) < 4.78 is 5.09. The van der Waals surface area contributed by atoms with Gasteiger partial charge < -0.3 is 4.74 Å². The number of esters is 1. The van der Waals surface area contributed by atoms with E-state index in [9.17, 15) is 4.79 Å². The van der Waals surface area contributed by atoms with E-state index in [-0.39, 0.29) is 17.6 Å². The van der Waals surface area contributed by atoms with Crippen molar-refractivity contribution < 1.29 is 9.53 Å². The smallest absolute Gasteiger partial charge is 0.323 e. The molecule has 0 saturated carbocycles. The van der Waals surface area contributed by atoms with Crippen LogP contribution in [-0.2, 0) is 9.53 Å². The normalized spacial score (nSPS) is 13.6. The van der Waals surface area contributed by atoms with Gasteiger partial charge >= 0.3 is 5.97 Å². The first-order valence-corrected chi connectivity index (χ1v) is 6.47. The molecule has 0 aliphatic carbocycles. The number of carbonyl (C=O) groups excluding carboxylic acids is 1. The van der Waals surface area contributed by atoms with Gasteiger partial charge in [0.05, 0.1) is 6.61 Å². The highest BCUT2D eigenvalue weighted by Gasteiger charge is 2.27. The summed E-state index contributed by atoms with van der Waals surface area (Å²) in [7, 11) is 0. The first-order valence-electron chi connectivity index (χ1n) is 6.47. The van der Waals surface area contributed by atoms with Crippen LogP contribution in [0.25, 0.3) is 0 Å². The van der Waals surface area contributed by atoms with E-state index in [4.69, 9.17) is 4.74 Å². The van der Waals surface area contributed by atoms with E-state index in [0.717, 1.165) is 25.7 Å². The predicted octanol–water partition coefficient (Wildman–Crippen LogP) is 2.89. The van der Waals surface area contributed by atoms with E-state index < -0.39 is 0 Å². The highest BCUT2D eigenvalue weighted by molar-refractivity contribution is 5.75. The fourth-order valence-electron chi connectivity index (χ4n) is 1.66. The van der Waals surface area contributed by atoms with Gasteiger partial charge in [-0.05, 0) is 33.1 Å². The topological polar surface area (TPSA) is 38.3 Å². The molecule has 3 heteroatoms. The summed E-state index contributed by atoms with van der Waals surface area (Å²) in [5.41, 5.74) is 0.0343. The number of hydrogen-bond donors (Lipinski definition) is 1. The average molecular weight is 229 g/mol. The van der Waals surface area contributed by atoms with Crippen LogP contribution >= 0.6 is 0 Å². The zero-order valence-corrected chi connectivity index (χ0v) is 11.4. The van der Waals surface area contributed by atoms with Gasteiger partial charge in [0.1, 0.15) is 6.04 Å². The van der Waals surface area contributed by atoms with Crippen LogP contribution in [0.5, 0.6) is 0 Å². The van der Waals surface area contributed by atoms with Crippen molar-refractivity contribution in [1.82, 2.24) is 5.32 Å². The highest BCUT2D eigenvalue weighted by atomic mass is 16.5. The van der Waals surface area contributed by atoms with Crippen LogP contribution in [-0.4, -0.2) is 24.2 Å². The molecule has 0 spiro atoms. The monoisotopic (exact) mass is 229 g/mol. The molecule has 1 atom stereocenters. The maximum absolute atomic E-state index is 11.8. The first kappa shape index (κ1) is 15.4. The molecule has 0 fully saturated rings. The molecule has 0 saturated heterocycles. The van der Waals surface area contributed by atoms with Crippen molar-refractivity contribution >= 4 is 5.97 Å². The summed E-state index contributed by atoms with van der Waals surface area (Å²) in [6.45, 7) is 10.8. The van der Waals surface area contributed by atoms with Gasteiger partial charge in [0.2, 0.25) is 0 Å². The third kappa shape index (κ3) is 4.97. The Kier molecular flexibility index (Phi) is 7.39. The van der Waals surface area contributed by atoms with Gasteiger partial charge in [0.15, 0.2) is 0 Å². The van der Waals surface area contributed by atoms with E-state index in [2.05, 4.69) is 33.0 Å². The summed E-state index contributed by atoms with van der Waals surface area (Å²) in [5, 5.41) is 3.44. The minimum absolute atomic E-state index is 0.0343. The Morgan fingerprint density at radius 2 is 1.81 bits per heavy atom. The molecule has 0 aromatic rings. The third-order valence-electron chi connectivity index (χ3n) is 3.23. The molecule has 0 aromatic heterocycles. The van der Waals surface area contributed by atoms with Gasteiger partial charge in [0.25, 0.3) is 0 Å². The molecule has 0 radical (unpaired) electrons. The molecule has 3 nitrogen and oxygen atoms in total. The molecule has 0 aliphatic rings. The Labute approximate surface area is 99.9 Å². The lowest BCUT2D eigenvalue weighted by molar-refractivity contribution is -0.146. The Hall–Kier alpha value is -0.570. The fraction of sp³-hybridized carbons (Fsp3) is 0.923. The molecule has 0 amide bonds. The van der Waals surface area contributed by atoms with Gasteiger partial charge in [-0.1, -0.05) is 27.2 Å². The summed E-state index contributed by atoms with van der Waals surface area (Å²) in [4.78, 5) is 11.8. The predicted molar refractivity (Wildman–Crippen MR) is 67.5 cm³/mol. The second-order valence-electron chi connectivity index (χ2n) is 4.51. The standard InChI is InChI=1S/C13H27NO2/c1-6-10-11(12(15)16-9-4)14-13(5,7-2)8-3/h11,14H,6-10H2,1-5H3. The van der Waals surface area contributed by atoms with Crippen molar-refractivity contribution in [3.05, 3.63) is 0 Å². The molecular weight excluding hydrogens is 202 g/mol. The van der Waals surface area contributed by atoms with E-state index in [0.29, 0.717) is 6.61 Å². The van der Waals surface area contributed by atoms with Crippen molar-refractivity contribution in [2.45, 2.75) is 71.9 Å². The number of hydrogen-bond acceptors (Lipinski definition) is 3. The van der Waals surface area contributed by atoms with E-state index in [1.807, 2.05) is 6.92 Å². The average Bonchev–Trinajstić information content (AvgIpc) is 2.28. The minimum Gasteiger partial charge on any atom is -0.465 e. The number of nitrogens with one attached hydrogen (secondary N) is 1. The lowest BCUT2D eigenvalue weighted by atomic mass is 9.93. The zero-order valence-electron chi connectivity index (χ0n) is 11.4. The number of carbonyl (C=O) groups is 1. The maximum Gasteiger partial charge on any atom is 0.323 e. The Morgan fingerprint density at radius 1 is 1.25 bits per heavy atom. The first-order chi connectivity index (χ1) is 7.52. The Balaban J connectivity index is 4.47. The van der Waals surface area contributed by atoms with E-state index in [1.54, 1.807) is 0 Å². The molecule has 16 heavy (non-hydrogen) atoms. The van der Waals surface area contributed by atoms with E-state index >= 15 is 0 Å². The number of ether oxygens (including phenoxy) is 1. The summed E-state index contributed by atoms with van der Waals surface area (Å²) in [6, 6.07) is -0.158. The zero-order chi connectivity index (χ0) is 12.6. The molecule has 0 rings (SSSR count). The summed E-state index contributed by atoms with van der Waals surface area (Å²) in [6.07, 6.45) is 3.86. The lowest BCUT2D eigenvalue weighted by Crippen LogP contribution is -2.51. The lowest BCUT2D eigenvalue weighted by Gasteiger charge is -2.32. The molecule has 0 heterocycles. The summed E-state index contributed by atoms with van der Waals surface area (Å²) >= 11 is 0. The van der Waals surface area contributed by atoms with Crippen LogP contribution in [0.1, 0.15) is 60.3 Å². The van der Waals surface area contributed by atoms with Gasteiger partial charge in [-0.15, -0.1) is 0 Å². The molecular formula is C13H27NO2. The Morgan fingerprint density at radius 3 is 2.19 bits per heavy atom. The second kappa shape index (κ2) is 7.66. The molecule has 0 aromatic carbocycles. The molecule has 1 unspecified atom stereocenters. The van der Waals surface area contributed by atoms with Crippen LogP contribution < -0.4 is 5.32 Å². The van der Waals surface area contributed by atoms with Gasteiger partial charge in [0, 0.05) is 5.54 Å². The second-order valence-corrected chi connectivity index (χ2v) is 4.51. The minimum atomic E-state index is -0.158. The van der Waals surface area contributed by atoms with Crippen molar-refractivity contribution in [3.63, 3.8) is 0 Å². The summed E-state index contributed by atoms with van der Waals surface area (Å²) in [5.74, 6) is -0.113. The van der Waals surface area contributed by atoms with E-state index in [1.165, 1.54) is 0 Å². The Bertz CT molecular complexity index is 200. The van der Waals surface area contributed by atoms with Gasteiger partial charge in [-0.3, -0.25) is 10.1 Å². The van der Waals surface area contributed by atoms with Gasteiger partial charge in [-0.2, -0.15) is 0 Å². The van der Waals surface area contributed by atoms with Crippen LogP contribution in [0, 0.1) is 0 Å². The maximum atomic E-state index is 11.8. The molecule has 96 valence electrons. The molecule has 0 aliphatic heterocycles. The largest absolute Gasteiger partial charge is 0.465 e. The van der Waals surface area contributed by atoms with Crippen LogP contribution in [0.2, 0.25) is 0 Å². The fourth-order valence-corrected chi connectivity index (χ4v) is 1.66. The van der Waals surface area contributed by atoms with Crippen molar-refractivity contribution in [3.8, 4) is 0 Å². The quantitative estimate of drug-likeness (QED) is 0.650. The van der Waals surface area contributed by atoms with Crippen molar-refractivity contribution in [1.29, 1.82) is 0 Å². The number of rotatable bonds is 8.